The summed E-state index contributed by atoms with van der Waals surface area (Å²) in [6.45, 7) is 3.82. The van der Waals surface area contributed by atoms with Crippen LogP contribution in [0.5, 0.6) is 0 Å². The van der Waals surface area contributed by atoms with E-state index >= 15 is 0 Å². The van der Waals surface area contributed by atoms with Crippen LogP contribution in [0.2, 0.25) is 10.0 Å². The molecule has 0 aliphatic rings. The Balaban J connectivity index is 2.30. The van der Waals surface area contributed by atoms with Crippen molar-refractivity contribution in [2.75, 3.05) is 11.1 Å². The maximum absolute atomic E-state index is 12.1. The van der Waals surface area contributed by atoms with Gasteiger partial charge in [0.15, 0.2) is 5.13 Å². The maximum atomic E-state index is 12.1. The first-order chi connectivity index (χ1) is 8.88. The molecule has 0 fully saturated rings. The lowest BCUT2D eigenvalue weighted by molar-refractivity contribution is 0.102. The summed E-state index contributed by atoms with van der Waals surface area (Å²) in [6, 6.07) is 2.98. The summed E-state index contributed by atoms with van der Waals surface area (Å²) in [4.78, 5) is 17.4. The molecule has 1 aromatic heterocycles. The minimum Gasteiger partial charge on any atom is -0.399 e. The molecule has 3 N–H and O–H groups in total. The second kappa shape index (κ2) is 5.36. The van der Waals surface area contributed by atoms with E-state index in [1.54, 1.807) is 0 Å². The highest BCUT2D eigenvalue weighted by atomic mass is 35.5. The predicted molar refractivity (Wildman–Crippen MR) is 80.4 cm³/mol. The van der Waals surface area contributed by atoms with Gasteiger partial charge >= 0.3 is 0 Å². The van der Waals surface area contributed by atoms with Gasteiger partial charge in [-0.3, -0.25) is 10.1 Å². The number of aromatic nitrogens is 1. The number of hydrogen-bond acceptors (Lipinski definition) is 4. The van der Waals surface area contributed by atoms with E-state index in [0.29, 0.717) is 10.8 Å². The van der Waals surface area contributed by atoms with Crippen molar-refractivity contribution in [3.8, 4) is 0 Å². The van der Waals surface area contributed by atoms with Crippen molar-refractivity contribution in [1.82, 2.24) is 4.98 Å². The molecule has 19 heavy (non-hydrogen) atoms. The maximum Gasteiger partial charge on any atom is 0.259 e. The summed E-state index contributed by atoms with van der Waals surface area (Å²) in [5.41, 5.74) is 7.15. The number of nitrogen functional groups attached to an aromatic ring is 1. The second-order valence-electron chi connectivity index (χ2n) is 3.98. The number of thiazole rings is 1. The Kier molecular flexibility index (Phi) is 3.99. The zero-order chi connectivity index (χ0) is 14.2. The van der Waals surface area contributed by atoms with Crippen LogP contribution in [0.15, 0.2) is 12.1 Å². The third-order valence-corrected chi connectivity index (χ3v) is 4.33. The Labute approximate surface area is 124 Å². The Morgan fingerprint density at radius 2 is 2.05 bits per heavy atom. The molecular weight excluding hydrogens is 305 g/mol. The molecule has 0 radical (unpaired) electrons. The van der Waals surface area contributed by atoms with Crippen LogP contribution in [0.1, 0.15) is 20.9 Å². The summed E-state index contributed by atoms with van der Waals surface area (Å²) in [6.07, 6.45) is 0. The van der Waals surface area contributed by atoms with Crippen molar-refractivity contribution in [1.29, 1.82) is 0 Å². The monoisotopic (exact) mass is 315 g/mol. The van der Waals surface area contributed by atoms with E-state index in [-0.39, 0.29) is 21.5 Å². The molecule has 0 bridgehead atoms. The van der Waals surface area contributed by atoms with Crippen LogP contribution in [0, 0.1) is 13.8 Å². The minimum atomic E-state index is -0.382. The third-order valence-electron chi connectivity index (χ3n) is 2.54. The molecule has 0 saturated carbocycles. The van der Waals surface area contributed by atoms with Crippen LogP contribution >= 0.6 is 34.5 Å². The van der Waals surface area contributed by atoms with Crippen LogP contribution in [0.3, 0.4) is 0 Å². The number of carbonyl (C=O) groups is 1. The number of nitrogens with two attached hydrogens (primary N) is 1. The fourth-order valence-electron chi connectivity index (χ4n) is 1.47. The molecule has 0 saturated heterocycles. The Morgan fingerprint density at radius 3 is 2.63 bits per heavy atom. The van der Waals surface area contributed by atoms with Crippen molar-refractivity contribution in [2.24, 2.45) is 0 Å². The number of nitrogens with one attached hydrogen (secondary N) is 1. The van der Waals surface area contributed by atoms with Gasteiger partial charge in [-0.05, 0) is 26.0 Å². The minimum absolute atomic E-state index is 0.179. The molecule has 0 aliphatic carbocycles. The van der Waals surface area contributed by atoms with Gasteiger partial charge in [-0.15, -0.1) is 11.3 Å². The standard InChI is InChI=1S/C12H11Cl2N3OS/c1-5-6(2)19-12(16-5)17-11(18)8-3-7(15)4-9(13)10(8)14/h3-4H,15H2,1-2H3,(H,16,17,18). The summed E-state index contributed by atoms with van der Waals surface area (Å²) >= 11 is 13.3. The van der Waals surface area contributed by atoms with Crippen molar-refractivity contribution >= 4 is 51.3 Å². The van der Waals surface area contributed by atoms with Gasteiger partial charge in [-0.1, -0.05) is 23.2 Å². The fraction of sp³-hybridized carbons (Fsp3) is 0.167. The quantitative estimate of drug-likeness (QED) is 0.826. The molecule has 1 aromatic carbocycles. The number of carbonyl (C=O) groups excluding carboxylic acids is 1. The highest BCUT2D eigenvalue weighted by molar-refractivity contribution is 7.15. The molecule has 7 heteroatoms. The van der Waals surface area contributed by atoms with Crippen molar-refractivity contribution in [3.05, 3.63) is 38.3 Å². The topological polar surface area (TPSA) is 68.0 Å². The first-order valence-electron chi connectivity index (χ1n) is 5.38. The largest absolute Gasteiger partial charge is 0.399 e. The van der Waals surface area contributed by atoms with E-state index in [1.165, 1.54) is 23.5 Å². The molecule has 0 unspecified atom stereocenters. The Hall–Kier alpha value is -1.30. The number of hydrogen-bond donors (Lipinski definition) is 2. The van der Waals surface area contributed by atoms with E-state index in [9.17, 15) is 4.79 Å². The van der Waals surface area contributed by atoms with Crippen LogP contribution in [-0.2, 0) is 0 Å². The predicted octanol–water partition coefficient (Wildman–Crippen LogP) is 3.90. The zero-order valence-corrected chi connectivity index (χ0v) is 12.6. The number of anilines is 2. The molecule has 0 atom stereocenters. The average molecular weight is 316 g/mol. The molecule has 1 heterocycles. The van der Waals surface area contributed by atoms with Gasteiger partial charge in [0.25, 0.3) is 5.91 Å². The van der Waals surface area contributed by atoms with Crippen molar-refractivity contribution in [2.45, 2.75) is 13.8 Å². The summed E-state index contributed by atoms with van der Waals surface area (Å²) in [5.74, 6) is -0.382. The van der Waals surface area contributed by atoms with Gasteiger partial charge in [-0.25, -0.2) is 4.98 Å². The lowest BCUT2D eigenvalue weighted by Gasteiger charge is -2.07. The summed E-state index contributed by atoms with van der Waals surface area (Å²) in [7, 11) is 0. The van der Waals surface area contributed by atoms with Gasteiger partial charge < -0.3 is 5.73 Å². The SMILES string of the molecule is Cc1nc(NC(=O)c2cc(N)cc(Cl)c2Cl)sc1C. The molecule has 2 rings (SSSR count). The van der Waals surface area contributed by atoms with Gasteiger partial charge in [0.05, 0.1) is 21.3 Å². The van der Waals surface area contributed by atoms with Crippen LogP contribution in [0.25, 0.3) is 0 Å². The van der Waals surface area contributed by atoms with E-state index < -0.39 is 0 Å². The van der Waals surface area contributed by atoms with Crippen LogP contribution in [-0.4, -0.2) is 10.9 Å². The van der Waals surface area contributed by atoms with Crippen LogP contribution < -0.4 is 11.1 Å². The second-order valence-corrected chi connectivity index (χ2v) is 5.97. The number of nitrogens with zero attached hydrogens (tertiary/aromatic N) is 1. The summed E-state index contributed by atoms with van der Waals surface area (Å²) < 4.78 is 0. The third kappa shape index (κ3) is 3.00. The lowest BCUT2D eigenvalue weighted by atomic mass is 10.2. The van der Waals surface area contributed by atoms with Gasteiger partial charge in [0.2, 0.25) is 0 Å². The van der Waals surface area contributed by atoms with E-state index in [0.717, 1.165) is 10.6 Å². The van der Waals surface area contributed by atoms with E-state index in [2.05, 4.69) is 10.3 Å². The smallest absolute Gasteiger partial charge is 0.259 e. The highest BCUT2D eigenvalue weighted by Crippen LogP contribution is 2.30. The van der Waals surface area contributed by atoms with E-state index in [1.807, 2.05) is 13.8 Å². The highest BCUT2D eigenvalue weighted by Gasteiger charge is 2.16. The van der Waals surface area contributed by atoms with Gasteiger partial charge in [-0.2, -0.15) is 0 Å². The first-order valence-corrected chi connectivity index (χ1v) is 6.95. The molecule has 0 aliphatic heterocycles. The van der Waals surface area contributed by atoms with Gasteiger partial charge in [0, 0.05) is 10.6 Å². The molecule has 2 aromatic rings. The van der Waals surface area contributed by atoms with E-state index in [4.69, 9.17) is 28.9 Å². The number of aryl methyl sites for hydroxylation is 2. The number of benzene rings is 1. The molecular formula is C12H11Cl2N3OS. The summed E-state index contributed by atoms with van der Waals surface area (Å²) in [5, 5.41) is 3.64. The average Bonchev–Trinajstić information content (AvgIpc) is 2.62. The number of rotatable bonds is 2. The molecule has 0 spiro atoms. The molecule has 1 amide bonds. The number of amides is 1. The Bertz CT molecular complexity index is 635. The molecule has 100 valence electrons. The van der Waals surface area contributed by atoms with Crippen LogP contribution in [0.4, 0.5) is 10.8 Å². The van der Waals surface area contributed by atoms with Crippen molar-refractivity contribution < 1.29 is 4.79 Å². The fourth-order valence-corrected chi connectivity index (χ4v) is 2.70. The van der Waals surface area contributed by atoms with Gasteiger partial charge in [0.1, 0.15) is 0 Å². The Morgan fingerprint density at radius 1 is 1.37 bits per heavy atom. The number of halogens is 2. The molecule has 4 nitrogen and oxygen atoms in total. The zero-order valence-electron chi connectivity index (χ0n) is 10.3. The normalized spacial score (nSPS) is 10.5. The first kappa shape index (κ1) is 14.1. The lowest BCUT2D eigenvalue weighted by Crippen LogP contribution is -2.13. The van der Waals surface area contributed by atoms with Crippen molar-refractivity contribution in [3.63, 3.8) is 0 Å².